The van der Waals surface area contributed by atoms with Gasteiger partial charge in [0.25, 0.3) is 0 Å². The zero-order valence-electron chi connectivity index (χ0n) is 10.5. The molecule has 0 radical (unpaired) electrons. The van der Waals surface area contributed by atoms with Crippen molar-refractivity contribution in [3.05, 3.63) is 0 Å². The van der Waals surface area contributed by atoms with Crippen molar-refractivity contribution in [1.82, 2.24) is 9.80 Å². The van der Waals surface area contributed by atoms with Gasteiger partial charge in [-0.1, -0.05) is 6.92 Å². The molecule has 0 aromatic rings. The number of carbonyl (C=O) groups excluding carboxylic acids is 1. The molecule has 0 saturated carbocycles. The second-order valence-corrected chi connectivity index (χ2v) is 3.94. The van der Waals surface area contributed by atoms with Crippen LogP contribution in [0, 0.1) is 0 Å². The molecular formula is C10H17F3N2O3. The van der Waals surface area contributed by atoms with Crippen LogP contribution < -0.4 is 0 Å². The highest BCUT2D eigenvalue weighted by atomic mass is 19.4. The summed E-state index contributed by atoms with van der Waals surface area (Å²) in [6, 6.07) is -2.12. The van der Waals surface area contributed by atoms with Gasteiger partial charge < -0.3 is 14.9 Å². The number of carboxylic acid groups (broad SMARTS) is 1. The Morgan fingerprint density at radius 3 is 2.17 bits per heavy atom. The lowest BCUT2D eigenvalue weighted by Crippen LogP contribution is -2.50. The molecule has 106 valence electrons. The van der Waals surface area contributed by atoms with Crippen molar-refractivity contribution < 1.29 is 27.9 Å². The van der Waals surface area contributed by atoms with Crippen molar-refractivity contribution >= 4 is 12.0 Å². The summed E-state index contributed by atoms with van der Waals surface area (Å²) >= 11 is 0. The molecule has 0 aliphatic heterocycles. The van der Waals surface area contributed by atoms with E-state index in [-0.39, 0.29) is 6.54 Å². The van der Waals surface area contributed by atoms with Gasteiger partial charge in [-0.25, -0.2) is 9.59 Å². The topological polar surface area (TPSA) is 60.9 Å². The summed E-state index contributed by atoms with van der Waals surface area (Å²) in [5.74, 6) is -1.27. The fourth-order valence-electron chi connectivity index (χ4n) is 1.28. The van der Waals surface area contributed by atoms with E-state index in [0.29, 0.717) is 11.3 Å². The Balaban J connectivity index is 4.80. The van der Waals surface area contributed by atoms with Crippen LogP contribution in [0.25, 0.3) is 0 Å². The number of urea groups is 1. The van der Waals surface area contributed by atoms with Gasteiger partial charge in [0.2, 0.25) is 0 Å². The fraction of sp³-hybridized carbons (Fsp3) is 0.800. The third kappa shape index (κ3) is 5.24. The summed E-state index contributed by atoms with van der Waals surface area (Å²) in [6.07, 6.45) is -4.14. The lowest BCUT2D eigenvalue weighted by atomic mass is 10.3. The second-order valence-electron chi connectivity index (χ2n) is 3.94. The van der Waals surface area contributed by atoms with Crippen molar-refractivity contribution in [1.29, 1.82) is 0 Å². The standard InChI is InChI=1S/C10H17F3N2O3/c1-4-5-15(6-10(11,12)13)9(18)14(3)7(2)8(16)17/h7H,4-6H2,1-3H3,(H,16,17). The predicted molar refractivity (Wildman–Crippen MR) is 58.2 cm³/mol. The number of likely N-dealkylation sites (N-methyl/N-ethyl adjacent to an activating group) is 1. The molecule has 0 aliphatic rings. The highest BCUT2D eigenvalue weighted by molar-refractivity contribution is 5.82. The number of halogens is 3. The SMILES string of the molecule is CCCN(CC(F)(F)F)C(=O)N(C)C(C)C(=O)O. The first-order chi connectivity index (χ1) is 8.10. The summed E-state index contributed by atoms with van der Waals surface area (Å²) in [6.45, 7) is 1.42. The molecule has 2 amide bonds. The van der Waals surface area contributed by atoms with Gasteiger partial charge in [0.1, 0.15) is 12.6 Å². The van der Waals surface area contributed by atoms with Gasteiger partial charge in [-0.3, -0.25) is 0 Å². The molecule has 8 heteroatoms. The van der Waals surface area contributed by atoms with Gasteiger partial charge in [-0.2, -0.15) is 13.2 Å². The molecule has 0 aromatic carbocycles. The maximum absolute atomic E-state index is 12.3. The van der Waals surface area contributed by atoms with E-state index in [4.69, 9.17) is 5.11 Å². The minimum Gasteiger partial charge on any atom is -0.480 e. The van der Waals surface area contributed by atoms with Gasteiger partial charge >= 0.3 is 18.2 Å². The zero-order chi connectivity index (χ0) is 14.5. The van der Waals surface area contributed by atoms with Gasteiger partial charge in [-0.15, -0.1) is 0 Å². The van der Waals surface area contributed by atoms with Crippen LogP contribution in [-0.4, -0.2) is 59.3 Å². The number of carbonyl (C=O) groups is 2. The molecule has 0 heterocycles. The summed E-state index contributed by atoms with van der Waals surface area (Å²) in [5, 5.41) is 8.71. The van der Waals surface area contributed by atoms with Crippen LogP contribution >= 0.6 is 0 Å². The number of carboxylic acids is 1. The Hall–Kier alpha value is -1.47. The molecule has 0 aromatic heterocycles. The number of hydrogen-bond acceptors (Lipinski definition) is 2. The number of aliphatic carboxylic acids is 1. The van der Waals surface area contributed by atoms with Crippen molar-refractivity contribution in [3.8, 4) is 0 Å². The molecule has 0 saturated heterocycles. The fourth-order valence-corrected chi connectivity index (χ4v) is 1.28. The van der Waals surface area contributed by atoms with E-state index in [1.54, 1.807) is 6.92 Å². The van der Waals surface area contributed by atoms with E-state index >= 15 is 0 Å². The summed E-state index contributed by atoms with van der Waals surface area (Å²) in [4.78, 5) is 23.8. The van der Waals surface area contributed by atoms with Crippen molar-refractivity contribution in [2.75, 3.05) is 20.1 Å². The highest BCUT2D eigenvalue weighted by Crippen LogP contribution is 2.18. The number of nitrogens with zero attached hydrogens (tertiary/aromatic N) is 2. The molecule has 0 spiro atoms. The summed E-state index contributed by atoms with van der Waals surface area (Å²) in [7, 11) is 1.17. The van der Waals surface area contributed by atoms with Crippen LogP contribution in [0.15, 0.2) is 0 Å². The van der Waals surface area contributed by atoms with Gasteiger partial charge in [-0.05, 0) is 13.3 Å². The van der Waals surface area contributed by atoms with E-state index in [2.05, 4.69) is 0 Å². The maximum Gasteiger partial charge on any atom is 0.406 e. The first-order valence-corrected chi connectivity index (χ1v) is 5.41. The largest absolute Gasteiger partial charge is 0.480 e. The number of hydrogen-bond donors (Lipinski definition) is 1. The first kappa shape index (κ1) is 16.5. The molecular weight excluding hydrogens is 253 g/mol. The van der Waals surface area contributed by atoms with Crippen LogP contribution in [-0.2, 0) is 4.79 Å². The second kappa shape index (κ2) is 6.46. The molecule has 18 heavy (non-hydrogen) atoms. The van der Waals surface area contributed by atoms with E-state index in [1.165, 1.54) is 14.0 Å². The Bertz CT molecular complexity index is 307. The van der Waals surface area contributed by atoms with Crippen LogP contribution in [0.4, 0.5) is 18.0 Å². The molecule has 0 fully saturated rings. The van der Waals surface area contributed by atoms with Crippen molar-refractivity contribution in [2.24, 2.45) is 0 Å². The average molecular weight is 270 g/mol. The molecule has 1 N–H and O–H groups in total. The van der Waals surface area contributed by atoms with E-state index < -0.39 is 30.8 Å². The predicted octanol–water partition coefficient (Wildman–Crippen LogP) is 1.79. The molecule has 0 rings (SSSR count). The Labute approximate surface area is 103 Å². The Morgan fingerprint density at radius 2 is 1.83 bits per heavy atom. The average Bonchev–Trinajstić information content (AvgIpc) is 2.23. The third-order valence-electron chi connectivity index (χ3n) is 2.37. The maximum atomic E-state index is 12.3. The van der Waals surface area contributed by atoms with Crippen LogP contribution in [0.3, 0.4) is 0 Å². The number of amides is 2. The lowest BCUT2D eigenvalue weighted by Gasteiger charge is -2.30. The smallest absolute Gasteiger partial charge is 0.406 e. The normalized spacial score (nSPS) is 13.0. The van der Waals surface area contributed by atoms with Gasteiger partial charge in [0, 0.05) is 13.6 Å². The summed E-state index contributed by atoms with van der Waals surface area (Å²) in [5.41, 5.74) is 0. The molecule has 1 unspecified atom stereocenters. The number of alkyl halides is 3. The molecule has 1 atom stereocenters. The van der Waals surface area contributed by atoms with Crippen LogP contribution in [0.1, 0.15) is 20.3 Å². The molecule has 5 nitrogen and oxygen atoms in total. The minimum absolute atomic E-state index is 0.0744. The van der Waals surface area contributed by atoms with E-state index in [0.717, 1.165) is 4.90 Å². The zero-order valence-corrected chi connectivity index (χ0v) is 10.5. The van der Waals surface area contributed by atoms with E-state index in [9.17, 15) is 22.8 Å². The van der Waals surface area contributed by atoms with Crippen LogP contribution in [0.2, 0.25) is 0 Å². The lowest BCUT2D eigenvalue weighted by molar-refractivity contribution is -0.144. The third-order valence-corrected chi connectivity index (χ3v) is 2.37. The highest BCUT2D eigenvalue weighted by Gasteiger charge is 2.35. The summed E-state index contributed by atoms with van der Waals surface area (Å²) < 4.78 is 36.9. The van der Waals surface area contributed by atoms with E-state index in [1.807, 2.05) is 0 Å². The monoisotopic (exact) mass is 270 g/mol. The quantitative estimate of drug-likeness (QED) is 0.828. The number of rotatable bonds is 5. The van der Waals surface area contributed by atoms with Crippen molar-refractivity contribution in [3.63, 3.8) is 0 Å². The Morgan fingerprint density at radius 1 is 1.33 bits per heavy atom. The Kier molecular flexibility index (Phi) is 5.93. The van der Waals surface area contributed by atoms with Crippen molar-refractivity contribution in [2.45, 2.75) is 32.5 Å². The first-order valence-electron chi connectivity index (χ1n) is 5.41. The minimum atomic E-state index is -4.50. The van der Waals surface area contributed by atoms with Gasteiger partial charge in [0.05, 0.1) is 0 Å². The van der Waals surface area contributed by atoms with Crippen LogP contribution in [0.5, 0.6) is 0 Å². The van der Waals surface area contributed by atoms with Gasteiger partial charge in [0.15, 0.2) is 0 Å². The molecule has 0 bridgehead atoms. The molecule has 0 aliphatic carbocycles.